The van der Waals surface area contributed by atoms with Crippen LogP contribution in [0.15, 0.2) is 48.6 Å². The van der Waals surface area contributed by atoms with Gasteiger partial charge in [0.15, 0.2) is 45.5 Å². The summed E-state index contributed by atoms with van der Waals surface area (Å²) in [5.74, 6) is -5.07. The van der Waals surface area contributed by atoms with Crippen molar-refractivity contribution in [3.05, 3.63) is 48.6 Å². The summed E-state index contributed by atoms with van der Waals surface area (Å²) in [4.78, 5) is 56.2. The smallest absolute Gasteiger partial charge is 0.170 e. The third kappa shape index (κ3) is 7.01. The Hall–Kier alpha value is -1.12. The van der Waals surface area contributed by atoms with Crippen molar-refractivity contribution in [2.24, 2.45) is 5.41 Å². The van der Waals surface area contributed by atoms with Crippen LogP contribution in [0.1, 0.15) is 53.4 Å². The minimum atomic E-state index is -3.45. The maximum atomic E-state index is 14.1. The van der Waals surface area contributed by atoms with E-state index in [0.29, 0.717) is 0 Å². The summed E-state index contributed by atoms with van der Waals surface area (Å²) in [6, 6.07) is 0. The third-order valence-corrected chi connectivity index (χ3v) is 7.87. The number of thiol groups is 4. The van der Waals surface area contributed by atoms with E-state index in [1.807, 2.05) is 0 Å². The monoisotopic (exact) mass is 648 g/mol. The first-order valence-electron chi connectivity index (χ1n) is 13.2. The van der Waals surface area contributed by atoms with Crippen LogP contribution in [0.25, 0.3) is 0 Å². The molecule has 0 heterocycles. The van der Waals surface area contributed by atoms with Crippen molar-refractivity contribution < 1.29 is 39.6 Å². The van der Waals surface area contributed by atoms with Crippen molar-refractivity contribution in [3.8, 4) is 0 Å². The highest BCUT2D eigenvalue weighted by Gasteiger charge is 2.83. The maximum absolute atomic E-state index is 14.1. The molecule has 0 aromatic carbocycles. The summed E-state index contributed by atoms with van der Waals surface area (Å²) in [6.45, 7) is 5.62. The predicted molar refractivity (Wildman–Crippen MR) is 175 cm³/mol. The fourth-order valence-corrected chi connectivity index (χ4v) is 6.40. The molecular weight excluding hydrogens is 605 g/mol. The number of carbonyl (C=O) groups is 4. The highest BCUT2D eigenvalue weighted by molar-refractivity contribution is 7.80. The van der Waals surface area contributed by atoms with Crippen molar-refractivity contribution in [2.45, 2.75) is 75.8 Å². The molecule has 0 rings (SSSR count). The molecule has 8 nitrogen and oxygen atoms in total. The molecule has 0 fully saturated rings. The fourth-order valence-electron chi connectivity index (χ4n) is 5.58. The second-order valence-corrected chi connectivity index (χ2v) is 11.2. The summed E-state index contributed by atoms with van der Waals surface area (Å²) in [7, 11) is 0. The normalized spacial score (nSPS) is 20.0. The molecule has 0 aliphatic carbocycles. The van der Waals surface area contributed by atoms with Gasteiger partial charge in [0.25, 0.3) is 0 Å². The van der Waals surface area contributed by atoms with Crippen LogP contribution in [0.5, 0.6) is 0 Å². The van der Waals surface area contributed by atoms with E-state index >= 15 is 0 Å². The second kappa shape index (κ2) is 17.2. The molecule has 0 aromatic heterocycles. The highest BCUT2D eigenvalue weighted by Crippen LogP contribution is 2.61. The van der Waals surface area contributed by atoms with Gasteiger partial charge in [0.05, 0.1) is 0 Å². The number of allylic oxidation sites excluding steroid dienone is 4. The van der Waals surface area contributed by atoms with Crippen molar-refractivity contribution in [1.82, 2.24) is 0 Å². The number of rotatable bonds is 20. The molecule has 0 spiro atoms. The van der Waals surface area contributed by atoms with Gasteiger partial charge in [0.1, 0.15) is 5.41 Å². The van der Waals surface area contributed by atoms with Gasteiger partial charge in [-0.15, -0.1) is 0 Å². The first-order chi connectivity index (χ1) is 19.2. The van der Waals surface area contributed by atoms with E-state index in [4.69, 9.17) is 0 Å². The largest absolute Gasteiger partial charge is 0.377 e. The van der Waals surface area contributed by atoms with Crippen LogP contribution in [0.2, 0.25) is 0 Å². The number of Topliss-reactive ketones (excluding diaryl/α,β-unsaturated/α-hetero) is 4. The molecule has 0 saturated heterocycles. The van der Waals surface area contributed by atoms with Gasteiger partial charge in [0.2, 0.25) is 0 Å². The van der Waals surface area contributed by atoms with Crippen LogP contribution in [0.4, 0.5) is 0 Å². The standard InChI is InChI=1S/C29H44O8S4/c1-5-13-25(34,21(30)9-17-38)29(26(35,14-6-2)22(31)10-18-39,27(36,15-7-3)23(32)11-19-40)28(37,16-8-4)24(33)12-20-41/h5-8,13-16,34-41H,9-12,17-20H2,1-4H3. The first-order valence-corrected chi connectivity index (χ1v) is 15.7. The molecule has 41 heavy (non-hydrogen) atoms. The predicted octanol–water partition coefficient (Wildman–Crippen LogP) is 2.76. The van der Waals surface area contributed by atoms with Gasteiger partial charge >= 0.3 is 0 Å². The Morgan fingerprint density at radius 2 is 0.634 bits per heavy atom. The second-order valence-electron chi connectivity index (χ2n) is 9.40. The summed E-state index contributed by atoms with van der Waals surface area (Å²) >= 11 is 16.4. The first kappa shape index (κ1) is 39.9. The number of carbonyl (C=O) groups excluding carboxylic acids is 4. The number of hydrogen-bond donors (Lipinski definition) is 8. The van der Waals surface area contributed by atoms with Crippen LogP contribution in [-0.2, 0) is 19.2 Å². The van der Waals surface area contributed by atoms with Gasteiger partial charge in [-0.05, 0) is 75.0 Å². The van der Waals surface area contributed by atoms with Gasteiger partial charge in [-0.25, -0.2) is 0 Å². The number of aliphatic hydroxyl groups is 4. The van der Waals surface area contributed by atoms with Gasteiger partial charge in [-0.3, -0.25) is 19.2 Å². The Labute approximate surface area is 265 Å². The zero-order valence-corrected chi connectivity index (χ0v) is 27.6. The molecule has 0 amide bonds. The Morgan fingerprint density at radius 1 is 0.463 bits per heavy atom. The third-order valence-electron chi connectivity index (χ3n) is 6.97. The average molecular weight is 649 g/mol. The molecular formula is C29H44O8S4. The van der Waals surface area contributed by atoms with E-state index < -0.39 is 76.6 Å². The minimum absolute atomic E-state index is 0.138. The lowest BCUT2D eigenvalue weighted by Gasteiger charge is -2.63. The molecule has 4 N–H and O–H groups in total. The summed E-state index contributed by atoms with van der Waals surface area (Å²) in [5, 5.41) is 50.8. The van der Waals surface area contributed by atoms with E-state index in [9.17, 15) is 39.6 Å². The summed E-state index contributed by atoms with van der Waals surface area (Å²) in [6.07, 6.45) is 6.25. The van der Waals surface area contributed by atoms with Crippen molar-refractivity contribution in [3.63, 3.8) is 0 Å². The van der Waals surface area contributed by atoms with Gasteiger partial charge < -0.3 is 20.4 Å². The van der Waals surface area contributed by atoms with Crippen molar-refractivity contribution in [2.75, 3.05) is 23.0 Å². The summed E-state index contributed by atoms with van der Waals surface area (Å²) < 4.78 is 0. The van der Waals surface area contributed by atoms with E-state index in [-0.39, 0.29) is 23.0 Å². The molecule has 0 aliphatic heterocycles. The van der Waals surface area contributed by atoms with Gasteiger partial charge in [0, 0.05) is 25.7 Å². The molecule has 0 radical (unpaired) electrons. The SMILES string of the molecule is CC=CC(O)(C(=O)CCS)C(C(O)(C=CC)C(=O)CCS)(C(O)(C=CC)C(=O)CCS)C(O)(C=CC)C(=O)CCS. The lowest BCUT2D eigenvalue weighted by molar-refractivity contribution is -0.269. The van der Waals surface area contributed by atoms with E-state index in [0.717, 1.165) is 24.3 Å². The van der Waals surface area contributed by atoms with Crippen LogP contribution >= 0.6 is 50.5 Å². The summed E-state index contributed by atoms with van der Waals surface area (Å²) in [5.41, 5.74) is -16.4. The van der Waals surface area contributed by atoms with Crippen LogP contribution in [0, 0.1) is 5.41 Å². The molecule has 232 valence electrons. The lowest BCUT2D eigenvalue weighted by atomic mass is 9.42. The van der Waals surface area contributed by atoms with E-state index in [1.54, 1.807) is 0 Å². The highest BCUT2D eigenvalue weighted by atomic mass is 32.1. The molecule has 0 aliphatic rings. The van der Waals surface area contributed by atoms with E-state index in [2.05, 4.69) is 50.5 Å². The zero-order valence-electron chi connectivity index (χ0n) is 24.0. The molecule has 0 saturated carbocycles. The molecule has 0 bridgehead atoms. The van der Waals surface area contributed by atoms with Crippen LogP contribution in [-0.4, -0.2) is 89.0 Å². The molecule has 0 aromatic rings. The van der Waals surface area contributed by atoms with Crippen molar-refractivity contribution >= 4 is 73.6 Å². The Balaban J connectivity index is 9.50. The Bertz CT molecular complexity index is 890. The van der Waals surface area contributed by atoms with Gasteiger partial charge in [-0.2, -0.15) is 50.5 Å². The van der Waals surface area contributed by atoms with E-state index in [1.165, 1.54) is 52.0 Å². The molecule has 12 heteroatoms. The zero-order chi connectivity index (χ0) is 32.1. The Morgan fingerprint density at radius 3 is 0.756 bits per heavy atom. The lowest BCUT2D eigenvalue weighted by Crippen LogP contribution is -2.85. The molecule has 4 atom stereocenters. The Kier molecular flexibility index (Phi) is 16.8. The topological polar surface area (TPSA) is 149 Å². The van der Waals surface area contributed by atoms with Gasteiger partial charge in [-0.1, -0.05) is 24.3 Å². The quantitative estimate of drug-likeness (QED) is 0.0743. The number of hydrogen-bond acceptors (Lipinski definition) is 12. The molecule has 4 unspecified atom stereocenters. The van der Waals surface area contributed by atoms with Crippen molar-refractivity contribution in [1.29, 1.82) is 0 Å². The number of ketones is 4. The maximum Gasteiger partial charge on any atom is 0.170 e. The minimum Gasteiger partial charge on any atom is -0.377 e. The fraction of sp³-hybridized carbons (Fsp3) is 0.586. The van der Waals surface area contributed by atoms with Crippen LogP contribution < -0.4 is 0 Å². The van der Waals surface area contributed by atoms with Crippen LogP contribution in [0.3, 0.4) is 0 Å². The average Bonchev–Trinajstić information content (AvgIpc) is 2.90.